The van der Waals surface area contributed by atoms with Crippen LogP contribution in [0, 0.1) is 11.8 Å². The number of pyridine rings is 1. The number of nitrogens with one attached hydrogen (secondary N) is 1. The molecule has 2 rings (SSSR count). The number of likely N-dealkylation sites (tertiary alicyclic amines) is 1. The minimum absolute atomic E-state index is 0.115. The van der Waals surface area contributed by atoms with Crippen molar-refractivity contribution in [3.05, 3.63) is 23.9 Å². The summed E-state index contributed by atoms with van der Waals surface area (Å²) in [7, 11) is 0. The Hall–Kier alpha value is -1.58. The molecule has 0 radical (unpaired) electrons. The number of carbonyl (C=O) groups excluding carboxylic acids is 1. The molecular formula is C17H27N3O. The molecule has 1 amide bonds. The molecule has 4 nitrogen and oxygen atoms in total. The Balaban J connectivity index is 2.04. The summed E-state index contributed by atoms with van der Waals surface area (Å²) < 4.78 is 0. The second-order valence-electron chi connectivity index (χ2n) is 6.20. The van der Waals surface area contributed by atoms with Crippen LogP contribution < -0.4 is 5.32 Å². The van der Waals surface area contributed by atoms with Crippen LogP contribution in [0.3, 0.4) is 0 Å². The molecule has 21 heavy (non-hydrogen) atoms. The summed E-state index contributed by atoms with van der Waals surface area (Å²) in [5.74, 6) is 2.29. The molecule has 1 aromatic rings. The molecule has 1 fully saturated rings. The first kappa shape index (κ1) is 15.8. The van der Waals surface area contributed by atoms with Crippen LogP contribution in [-0.2, 0) is 0 Å². The Morgan fingerprint density at radius 3 is 2.76 bits per heavy atom. The van der Waals surface area contributed by atoms with Gasteiger partial charge in [0.2, 0.25) is 0 Å². The van der Waals surface area contributed by atoms with Crippen LogP contribution in [0.4, 0.5) is 5.82 Å². The maximum atomic E-state index is 12.7. The fourth-order valence-electron chi connectivity index (χ4n) is 2.90. The summed E-state index contributed by atoms with van der Waals surface area (Å²) in [5, 5.41) is 3.25. The maximum Gasteiger partial charge on any atom is 0.257 e. The molecule has 0 saturated carbocycles. The summed E-state index contributed by atoms with van der Waals surface area (Å²) in [5.41, 5.74) is 0.703. The van der Waals surface area contributed by atoms with E-state index in [4.69, 9.17) is 0 Å². The minimum atomic E-state index is 0.115. The van der Waals surface area contributed by atoms with Crippen LogP contribution in [0.15, 0.2) is 18.3 Å². The van der Waals surface area contributed by atoms with Crippen LogP contribution in [0.1, 0.15) is 50.4 Å². The number of carbonyl (C=O) groups is 1. The molecule has 4 heteroatoms. The van der Waals surface area contributed by atoms with Crippen LogP contribution in [0.5, 0.6) is 0 Å². The molecule has 1 aliphatic heterocycles. The average Bonchev–Trinajstić information content (AvgIpc) is 2.52. The van der Waals surface area contributed by atoms with Crippen molar-refractivity contribution in [1.29, 1.82) is 0 Å². The molecule has 0 bridgehead atoms. The highest BCUT2D eigenvalue weighted by Gasteiger charge is 2.26. The van der Waals surface area contributed by atoms with E-state index in [0.29, 0.717) is 11.5 Å². The summed E-state index contributed by atoms with van der Waals surface area (Å²) in [6.07, 6.45) is 4.98. The quantitative estimate of drug-likeness (QED) is 0.903. The number of amides is 1. The lowest BCUT2D eigenvalue weighted by Crippen LogP contribution is -2.39. The van der Waals surface area contributed by atoms with Gasteiger partial charge in [0.15, 0.2) is 0 Å². The highest BCUT2D eigenvalue weighted by Crippen LogP contribution is 2.26. The largest absolute Gasteiger partial charge is 0.369 e. The van der Waals surface area contributed by atoms with Gasteiger partial charge in [0.05, 0.1) is 5.56 Å². The first-order chi connectivity index (χ1) is 10.1. The number of nitrogens with zero attached hydrogens (tertiary/aromatic N) is 2. The first-order valence-corrected chi connectivity index (χ1v) is 8.11. The number of anilines is 1. The predicted octanol–water partition coefficient (Wildman–Crippen LogP) is 3.41. The van der Waals surface area contributed by atoms with Crippen molar-refractivity contribution >= 4 is 11.7 Å². The van der Waals surface area contributed by atoms with Crippen LogP contribution in [-0.4, -0.2) is 35.4 Å². The third kappa shape index (κ3) is 3.96. The van der Waals surface area contributed by atoms with Gasteiger partial charge in [0.1, 0.15) is 5.82 Å². The Morgan fingerprint density at radius 1 is 1.43 bits per heavy atom. The van der Waals surface area contributed by atoms with Gasteiger partial charge in [-0.05, 0) is 43.2 Å². The van der Waals surface area contributed by atoms with E-state index >= 15 is 0 Å². The Bertz CT molecular complexity index is 465. The molecular weight excluding hydrogens is 262 g/mol. The van der Waals surface area contributed by atoms with E-state index < -0.39 is 0 Å². The third-order valence-electron chi connectivity index (χ3n) is 4.35. The van der Waals surface area contributed by atoms with Crippen LogP contribution >= 0.6 is 0 Å². The van der Waals surface area contributed by atoms with Crippen molar-refractivity contribution in [3.8, 4) is 0 Å². The summed E-state index contributed by atoms with van der Waals surface area (Å²) in [4.78, 5) is 19.0. The minimum Gasteiger partial charge on any atom is -0.369 e. The first-order valence-electron chi connectivity index (χ1n) is 8.11. The monoisotopic (exact) mass is 289 g/mol. The van der Waals surface area contributed by atoms with Crippen molar-refractivity contribution in [2.45, 2.75) is 40.0 Å². The van der Waals surface area contributed by atoms with Gasteiger partial charge in [-0.2, -0.15) is 0 Å². The molecule has 0 aliphatic carbocycles. The van der Waals surface area contributed by atoms with Gasteiger partial charge in [0, 0.05) is 25.8 Å². The van der Waals surface area contributed by atoms with Crippen molar-refractivity contribution in [1.82, 2.24) is 9.88 Å². The second kappa shape index (κ2) is 7.43. The van der Waals surface area contributed by atoms with Crippen LogP contribution in [0.25, 0.3) is 0 Å². The summed E-state index contributed by atoms with van der Waals surface area (Å²) in [6, 6.07) is 3.72. The molecule has 116 valence electrons. The predicted molar refractivity (Wildman–Crippen MR) is 86.5 cm³/mol. The van der Waals surface area contributed by atoms with Crippen molar-refractivity contribution in [2.75, 3.05) is 25.0 Å². The third-order valence-corrected chi connectivity index (χ3v) is 4.35. The zero-order chi connectivity index (χ0) is 15.2. The van der Waals surface area contributed by atoms with Gasteiger partial charge < -0.3 is 10.2 Å². The lowest BCUT2D eigenvalue weighted by molar-refractivity contribution is 0.0668. The van der Waals surface area contributed by atoms with Gasteiger partial charge in [-0.25, -0.2) is 4.98 Å². The fraction of sp³-hybridized carbons (Fsp3) is 0.647. The topological polar surface area (TPSA) is 45.2 Å². The summed E-state index contributed by atoms with van der Waals surface area (Å²) in [6.45, 7) is 9.22. The highest BCUT2D eigenvalue weighted by atomic mass is 16.2. The molecule has 1 aromatic heterocycles. The molecule has 1 aliphatic rings. The van der Waals surface area contributed by atoms with Crippen molar-refractivity contribution < 1.29 is 4.79 Å². The molecule has 1 saturated heterocycles. The average molecular weight is 289 g/mol. The van der Waals surface area contributed by atoms with E-state index in [1.54, 1.807) is 6.20 Å². The Kier molecular flexibility index (Phi) is 5.59. The molecule has 2 heterocycles. The van der Waals surface area contributed by atoms with E-state index in [2.05, 4.69) is 31.1 Å². The lowest BCUT2D eigenvalue weighted by atomic mass is 9.86. The molecule has 0 atom stereocenters. The molecule has 0 spiro atoms. The smallest absolute Gasteiger partial charge is 0.257 e. The zero-order valence-electron chi connectivity index (χ0n) is 13.4. The number of rotatable bonds is 5. The van der Waals surface area contributed by atoms with Gasteiger partial charge in [-0.15, -0.1) is 0 Å². The molecule has 0 unspecified atom stereocenters. The zero-order valence-corrected chi connectivity index (χ0v) is 13.4. The maximum absolute atomic E-state index is 12.7. The highest BCUT2D eigenvalue weighted by molar-refractivity contribution is 5.98. The van der Waals surface area contributed by atoms with Gasteiger partial charge in [-0.1, -0.05) is 20.8 Å². The van der Waals surface area contributed by atoms with Gasteiger partial charge >= 0.3 is 0 Å². The number of aromatic nitrogens is 1. The van der Waals surface area contributed by atoms with Crippen molar-refractivity contribution in [3.63, 3.8) is 0 Å². The lowest BCUT2D eigenvalue weighted by Gasteiger charge is -2.34. The van der Waals surface area contributed by atoms with Gasteiger partial charge in [-0.3, -0.25) is 4.79 Å². The SMILES string of the molecule is CCCNc1ncccc1C(=O)N1CCC(C(C)C)CC1. The number of hydrogen-bond donors (Lipinski definition) is 1. The standard InChI is InChI=1S/C17H27N3O/c1-4-9-18-16-15(6-5-10-19-16)17(21)20-11-7-14(8-12-20)13(2)3/h5-6,10,13-14H,4,7-9,11-12H2,1-3H3,(H,18,19). The number of piperidine rings is 1. The van der Waals surface area contributed by atoms with E-state index in [1.807, 2.05) is 17.0 Å². The Morgan fingerprint density at radius 2 is 2.14 bits per heavy atom. The second-order valence-corrected chi connectivity index (χ2v) is 6.20. The van der Waals surface area contributed by atoms with E-state index in [-0.39, 0.29) is 5.91 Å². The van der Waals surface area contributed by atoms with E-state index in [1.165, 1.54) is 0 Å². The molecule has 1 N–H and O–H groups in total. The van der Waals surface area contributed by atoms with Crippen LogP contribution in [0.2, 0.25) is 0 Å². The molecule has 0 aromatic carbocycles. The number of hydrogen-bond acceptors (Lipinski definition) is 3. The van der Waals surface area contributed by atoms with Gasteiger partial charge in [0.25, 0.3) is 5.91 Å². The Labute approximate surface area is 127 Å². The fourth-order valence-corrected chi connectivity index (χ4v) is 2.90. The van der Waals surface area contributed by atoms with E-state index in [9.17, 15) is 4.79 Å². The normalized spacial score (nSPS) is 16.3. The van der Waals surface area contributed by atoms with E-state index in [0.717, 1.165) is 50.6 Å². The summed E-state index contributed by atoms with van der Waals surface area (Å²) >= 11 is 0. The van der Waals surface area contributed by atoms with Crippen molar-refractivity contribution in [2.24, 2.45) is 11.8 Å².